The average Bonchev–Trinajstić information content (AvgIpc) is 2.79. The summed E-state index contributed by atoms with van der Waals surface area (Å²) >= 11 is 11.0. The van der Waals surface area contributed by atoms with Crippen molar-refractivity contribution in [2.45, 2.75) is 19.3 Å². The number of amides is 1. The lowest BCUT2D eigenvalue weighted by molar-refractivity contribution is -0.118. The number of hydrazone groups is 1. The molecule has 0 unspecified atom stereocenters. The van der Waals surface area contributed by atoms with Crippen molar-refractivity contribution < 1.29 is 14.3 Å². The number of hydrogen-bond donors (Lipinski definition) is 1. The molecule has 0 radical (unpaired) electrons. The minimum Gasteiger partial charge on any atom is -0.493 e. The largest absolute Gasteiger partial charge is 0.493 e. The molecule has 33 heavy (non-hydrogen) atoms. The molecular weight excluding hydrogens is 524 g/mol. The molecule has 3 rings (SSSR count). The smallest absolute Gasteiger partial charge is 0.250 e. The fraction of sp³-hybridized carbons (Fsp3) is 0.200. The third-order valence-electron chi connectivity index (χ3n) is 4.55. The van der Waals surface area contributed by atoms with Crippen molar-refractivity contribution in [2.75, 3.05) is 12.9 Å². The van der Waals surface area contributed by atoms with Crippen LogP contribution in [0.2, 0.25) is 5.02 Å². The first-order chi connectivity index (χ1) is 15.9. The van der Waals surface area contributed by atoms with E-state index >= 15 is 0 Å². The first kappa shape index (κ1) is 25.1. The number of aryl methyl sites for hydroxylation is 1. The van der Waals surface area contributed by atoms with Crippen LogP contribution in [0.3, 0.4) is 0 Å². The molecule has 0 aromatic heterocycles. The quantitative estimate of drug-likeness (QED) is 0.236. The number of rotatable bonds is 10. The summed E-state index contributed by atoms with van der Waals surface area (Å²) in [6.07, 6.45) is 1.57. The molecule has 0 atom stereocenters. The highest BCUT2D eigenvalue weighted by molar-refractivity contribution is 9.10. The lowest BCUT2D eigenvalue weighted by Crippen LogP contribution is -2.19. The Labute approximate surface area is 211 Å². The van der Waals surface area contributed by atoms with Gasteiger partial charge >= 0.3 is 0 Å². The van der Waals surface area contributed by atoms with Gasteiger partial charge in [-0.2, -0.15) is 5.10 Å². The molecule has 0 saturated heterocycles. The van der Waals surface area contributed by atoms with Crippen molar-refractivity contribution in [2.24, 2.45) is 5.10 Å². The second-order valence-corrected chi connectivity index (χ2v) is 9.50. The van der Waals surface area contributed by atoms with Gasteiger partial charge in [0.05, 0.1) is 23.5 Å². The molecule has 0 heterocycles. The Morgan fingerprint density at radius 2 is 1.94 bits per heavy atom. The minimum atomic E-state index is -0.178. The Hall–Kier alpha value is -2.48. The average molecular weight is 548 g/mol. The number of nitrogens with zero attached hydrogens (tertiary/aromatic N) is 1. The van der Waals surface area contributed by atoms with Crippen LogP contribution in [0, 0.1) is 6.92 Å². The highest BCUT2D eigenvalue weighted by Gasteiger charge is 2.12. The number of hydrogen-bond acceptors (Lipinski definition) is 5. The molecular formula is C25H24BrClN2O3S. The van der Waals surface area contributed by atoms with Crippen LogP contribution in [0.5, 0.6) is 11.5 Å². The molecule has 1 N–H and O–H groups in total. The summed E-state index contributed by atoms with van der Waals surface area (Å²) in [5, 5.41) is 4.74. The Morgan fingerprint density at radius 1 is 1.15 bits per heavy atom. The summed E-state index contributed by atoms with van der Waals surface area (Å²) in [6, 6.07) is 19.4. The first-order valence-corrected chi connectivity index (χ1v) is 12.5. The van der Waals surface area contributed by atoms with Gasteiger partial charge in [-0.25, -0.2) is 5.43 Å². The third-order valence-corrected chi connectivity index (χ3v) is 6.38. The van der Waals surface area contributed by atoms with Crippen LogP contribution < -0.4 is 14.9 Å². The van der Waals surface area contributed by atoms with E-state index in [1.165, 1.54) is 17.3 Å². The van der Waals surface area contributed by atoms with Crippen LogP contribution in [0.1, 0.15) is 22.3 Å². The molecule has 3 aromatic rings. The summed E-state index contributed by atoms with van der Waals surface area (Å²) in [5.74, 6) is 1.99. The second-order valence-electron chi connectivity index (χ2n) is 7.22. The molecule has 5 nitrogen and oxygen atoms in total. The lowest BCUT2D eigenvalue weighted by atomic mass is 10.2. The van der Waals surface area contributed by atoms with Gasteiger partial charge in [0.15, 0.2) is 11.5 Å². The Bertz CT molecular complexity index is 1120. The van der Waals surface area contributed by atoms with Gasteiger partial charge in [0.1, 0.15) is 6.61 Å². The fourth-order valence-corrected chi connectivity index (χ4v) is 4.45. The van der Waals surface area contributed by atoms with E-state index in [0.29, 0.717) is 34.6 Å². The van der Waals surface area contributed by atoms with E-state index in [1.54, 1.807) is 19.4 Å². The summed E-state index contributed by atoms with van der Waals surface area (Å²) in [7, 11) is 1.58. The lowest BCUT2D eigenvalue weighted by Gasteiger charge is -2.13. The first-order valence-electron chi connectivity index (χ1n) is 10.1. The normalized spacial score (nSPS) is 10.9. The zero-order valence-corrected chi connectivity index (χ0v) is 21.5. The van der Waals surface area contributed by atoms with Crippen LogP contribution >= 0.6 is 39.3 Å². The molecule has 0 bridgehead atoms. The van der Waals surface area contributed by atoms with E-state index in [2.05, 4.69) is 38.6 Å². The van der Waals surface area contributed by atoms with Crippen molar-refractivity contribution in [1.29, 1.82) is 0 Å². The van der Waals surface area contributed by atoms with Gasteiger partial charge in [-0.3, -0.25) is 4.79 Å². The molecule has 3 aromatic carbocycles. The molecule has 172 valence electrons. The maximum Gasteiger partial charge on any atom is 0.250 e. The Balaban J connectivity index is 1.52. The van der Waals surface area contributed by atoms with Gasteiger partial charge in [0.2, 0.25) is 5.91 Å². The standard InChI is InChI=1S/C25H24BrClN2O3S/c1-17-6-8-18(9-7-17)14-32-25-22(26)11-20(12-23(25)31-2)13-28-29-24(30)16-33-15-19-4-3-5-21(27)10-19/h3-13H,14-16H2,1-2H3,(H,29,30)/b28-13-. The second kappa shape index (κ2) is 12.7. The van der Waals surface area contributed by atoms with Crippen molar-refractivity contribution in [3.05, 3.63) is 92.4 Å². The topological polar surface area (TPSA) is 59.9 Å². The number of ether oxygens (including phenoxy) is 2. The number of thioether (sulfide) groups is 1. The van der Waals surface area contributed by atoms with Crippen LogP contribution in [0.4, 0.5) is 0 Å². The van der Waals surface area contributed by atoms with Crippen LogP contribution in [-0.4, -0.2) is 25.0 Å². The van der Waals surface area contributed by atoms with Crippen molar-refractivity contribution in [3.8, 4) is 11.5 Å². The van der Waals surface area contributed by atoms with E-state index in [-0.39, 0.29) is 5.91 Å². The number of nitrogens with one attached hydrogen (secondary N) is 1. The van der Waals surface area contributed by atoms with E-state index in [4.69, 9.17) is 21.1 Å². The molecule has 0 aliphatic carbocycles. The maximum absolute atomic E-state index is 12.0. The van der Waals surface area contributed by atoms with E-state index in [0.717, 1.165) is 21.2 Å². The van der Waals surface area contributed by atoms with Crippen LogP contribution in [0.25, 0.3) is 0 Å². The van der Waals surface area contributed by atoms with Gasteiger partial charge in [0, 0.05) is 10.8 Å². The summed E-state index contributed by atoms with van der Waals surface area (Å²) in [5.41, 5.74) is 6.65. The van der Waals surface area contributed by atoms with Crippen LogP contribution in [-0.2, 0) is 17.2 Å². The molecule has 1 amide bonds. The van der Waals surface area contributed by atoms with Gasteiger partial charge in [-0.05, 0) is 63.8 Å². The number of carbonyl (C=O) groups excluding carboxylic acids is 1. The number of methoxy groups -OCH3 is 1. The molecule has 0 aliphatic rings. The summed E-state index contributed by atoms with van der Waals surface area (Å²) in [4.78, 5) is 12.0. The maximum atomic E-state index is 12.0. The fourth-order valence-electron chi connectivity index (χ4n) is 2.89. The Kier molecular flexibility index (Phi) is 9.66. The van der Waals surface area contributed by atoms with E-state index < -0.39 is 0 Å². The van der Waals surface area contributed by atoms with Crippen molar-refractivity contribution in [1.82, 2.24) is 5.43 Å². The molecule has 8 heteroatoms. The number of carbonyl (C=O) groups is 1. The summed E-state index contributed by atoms with van der Waals surface area (Å²) in [6.45, 7) is 2.47. The zero-order valence-electron chi connectivity index (χ0n) is 18.3. The van der Waals surface area contributed by atoms with E-state index in [1.807, 2.05) is 49.4 Å². The van der Waals surface area contributed by atoms with Gasteiger partial charge in [0.25, 0.3) is 0 Å². The highest BCUT2D eigenvalue weighted by atomic mass is 79.9. The molecule has 0 spiro atoms. The Morgan fingerprint density at radius 3 is 2.67 bits per heavy atom. The molecule has 0 fully saturated rings. The number of benzene rings is 3. The van der Waals surface area contributed by atoms with E-state index in [9.17, 15) is 4.79 Å². The highest BCUT2D eigenvalue weighted by Crippen LogP contribution is 2.36. The summed E-state index contributed by atoms with van der Waals surface area (Å²) < 4.78 is 12.2. The SMILES string of the molecule is COc1cc(/C=N\NC(=O)CSCc2cccc(Cl)c2)cc(Br)c1OCc1ccc(C)cc1. The van der Waals surface area contributed by atoms with Crippen LogP contribution in [0.15, 0.2) is 70.2 Å². The minimum absolute atomic E-state index is 0.178. The van der Waals surface area contributed by atoms with Gasteiger partial charge in [-0.15, -0.1) is 11.8 Å². The number of halogens is 2. The van der Waals surface area contributed by atoms with Gasteiger partial charge in [-0.1, -0.05) is 53.6 Å². The monoisotopic (exact) mass is 546 g/mol. The molecule has 0 saturated carbocycles. The third kappa shape index (κ3) is 8.11. The van der Waals surface area contributed by atoms with Crippen molar-refractivity contribution in [3.63, 3.8) is 0 Å². The molecule has 0 aliphatic heterocycles. The predicted molar refractivity (Wildman–Crippen MR) is 140 cm³/mol. The van der Waals surface area contributed by atoms with Gasteiger partial charge < -0.3 is 9.47 Å². The predicted octanol–water partition coefficient (Wildman–Crippen LogP) is 6.38. The zero-order chi connectivity index (χ0) is 23.6. The van der Waals surface area contributed by atoms with Crippen molar-refractivity contribution >= 4 is 51.4 Å².